The summed E-state index contributed by atoms with van der Waals surface area (Å²) in [5, 5.41) is 9.58. The van der Waals surface area contributed by atoms with Crippen molar-refractivity contribution in [2.45, 2.75) is 12.5 Å². The first-order valence-corrected chi connectivity index (χ1v) is 8.23. The molecule has 0 aliphatic heterocycles. The topological polar surface area (TPSA) is 155 Å². The van der Waals surface area contributed by atoms with Gasteiger partial charge in [-0.2, -0.15) is 8.42 Å². The zero-order valence-electron chi connectivity index (χ0n) is 13.0. The van der Waals surface area contributed by atoms with Gasteiger partial charge in [0.05, 0.1) is 13.4 Å². The molecule has 132 valence electrons. The minimum absolute atomic E-state index is 0. The van der Waals surface area contributed by atoms with Crippen molar-refractivity contribution < 1.29 is 31.7 Å². The standard InChI is InChI=1S/C14H14O8S.H3N/c1-20-9-3-4-10-8(6-13(15)21-11(10)7-9)5-12(14(16)17)22-23(2,18)19;/h3-4,6-7,12H,5H2,1-2H3,(H,16,17);1H3/t12-;/m0./s1. The number of aliphatic carboxylic acids is 1. The maximum atomic E-state index is 11.6. The molecule has 4 N–H and O–H groups in total. The molecule has 0 spiro atoms. The van der Waals surface area contributed by atoms with Gasteiger partial charge in [0.25, 0.3) is 10.1 Å². The van der Waals surface area contributed by atoms with Crippen LogP contribution in [0.2, 0.25) is 0 Å². The normalized spacial score (nSPS) is 12.4. The second-order valence-electron chi connectivity index (χ2n) is 4.78. The predicted octanol–water partition coefficient (Wildman–Crippen LogP) is 0.935. The van der Waals surface area contributed by atoms with E-state index in [9.17, 15) is 18.0 Å². The van der Waals surface area contributed by atoms with Crippen molar-refractivity contribution >= 4 is 27.1 Å². The number of ether oxygens (including phenoxy) is 1. The summed E-state index contributed by atoms with van der Waals surface area (Å²) in [6.45, 7) is 0. The smallest absolute Gasteiger partial charge is 0.336 e. The van der Waals surface area contributed by atoms with Crippen molar-refractivity contribution in [2.24, 2.45) is 0 Å². The molecule has 0 saturated carbocycles. The first-order valence-electron chi connectivity index (χ1n) is 6.41. The molecular weight excluding hydrogens is 342 g/mol. The molecule has 0 saturated heterocycles. The number of carboxylic acid groups (broad SMARTS) is 1. The number of fused-ring (bicyclic) bond motifs is 1. The van der Waals surface area contributed by atoms with E-state index >= 15 is 0 Å². The van der Waals surface area contributed by atoms with Gasteiger partial charge in [0.15, 0.2) is 6.10 Å². The minimum atomic E-state index is -3.96. The number of methoxy groups -OCH3 is 1. The Hall–Kier alpha value is -2.43. The van der Waals surface area contributed by atoms with Gasteiger partial charge in [-0.1, -0.05) is 0 Å². The zero-order chi connectivity index (χ0) is 17.2. The predicted molar refractivity (Wildman–Crippen MR) is 85.1 cm³/mol. The molecule has 0 aliphatic rings. The lowest BCUT2D eigenvalue weighted by molar-refractivity contribution is -0.144. The van der Waals surface area contributed by atoms with Gasteiger partial charge in [0.2, 0.25) is 0 Å². The molecule has 0 bridgehead atoms. The van der Waals surface area contributed by atoms with E-state index < -0.39 is 27.8 Å². The summed E-state index contributed by atoms with van der Waals surface area (Å²) >= 11 is 0. The fourth-order valence-corrected chi connectivity index (χ4v) is 2.65. The molecule has 1 atom stereocenters. The van der Waals surface area contributed by atoms with E-state index in [1.165, 1.54) is 13.2 Å². The van der Waals surface area contributed by atoms with E-state index in [-0.39, 0.29) is 18.2 Å². The molecule has 0 fully saturated rings. The summed E-state index contributed by atoms with van der Waals surface area (Å²) < 4.78 is 37.0. The first kappa shape index (κ1) is 19.6. The van der Waals surface area contributed by atoms with Crippen molar-refractivity contribution in [2.75, 3.05) is 13.4 Å². The Morgan fingerprint density at radius 3 is 2.54 bits per heavy atom. The second kappa shape index (κ2) is 7.43. The van der Waals surface area contributed by atoms with Gasteiger partial charge >= 0.3 is 11.6 Å². The summed E-state index contributed by atoms with van der Waals surface area (Å²) in [4.78, 5) is 22.8. The van der Waals surface area contributed by atoms with Crippen LogP contribution in [0, 0.1) is 0 Å². The van der Waals surface area contributed by atoms with Crippen LogP contribution < -0.4 is 16.5 Å². The number of hydrogen-bond donors (Lipinski definition) is 2. The molecule has 0 amide bonds. The molecule has 1 aromatic carbocycles. The van der Waals surface area contributed by atoms with Crippen LogP contribution in [-0.2, 0) is 25.5 Å². The SMILES string of the molecule is COc1ccc2c(C[C@H](OS(C)(=O)=O)C(=O)O)cc(=O)oc2c1.N. The van der Waals surface area contributed by atoms with Crippen LogP contribution >= 0.6 is 0 Å². The van der Waals surface area contributed by atoms with Crippen LogP contribution in [0.25, 0.3) is 11.0 Å². The van der Waals surface area contributed by atoms with Crippen LogP contribution in [0.15, 0.2) is 33.5 Å². The van der Waals surface area contributed by atoms with E-state index in [1.807, 2.05) is 0 Å². The first-order chi connectivity index (χ1) is 10.7. The van der Waals surface area contributed by atoms with Crippen LogP contribution in [0.3, 0.4) is 0 Å². The molecule has 10 heteroatoms. The van der Waals surface area contributed by atoms with E-state index in [0.29, 0.717) is 16.7 Å². The molecule has 0 unspecified atom stereocenters. The molecule has 2 aromatic rings. The highest BCUT2D eigenvalue weighted by atomic mass is 32.2. The Balaban J connectivity index is 0.00000288. The third-order valence-electron chi connectivity index (χ3n) is 3.01. The Morgan fingerprint density at radius 2 is 2.00 bits per heavy atom. The summed E-state index contributed by atoms with van der Waals surface area (Å²) in [6, 6.07) is 5.79. The van der Waals surface area contributed by atoms with E-state index in [1.54, 1.807) is 12.1 Å². The third-order valence-corrected chi connectivity index (χ3v) is 3.59. The summed E-state index contributed by atoms with van der Waals surface area (Å²) in [5.41, 5.74) is -0.186. The maximum absolute atomic E-state index is 11.6. The van der Waals surface area contributed by atoms with Gasteiger partial charge in [-0.15, -0.1) is 0 Å². The highest BCUT2D eigenvalue weighted by Gasteiger charge is 2.25. The molecule has 1 heterocycles. The molecule has 9 nitrogen and oxygen atoms in total. The average molecular weight is 359 g/mol. The molecule has 1 aromatic heterocycles. The Labute approximate surface area is 137 Å². The molecular formula is C14H17NO8S. The molecule has 0 radical (unpaired) electrons. The van der Waals surface area contributed by atoms with Crippen LogP contribution in [0.1, 0.15) is 5.56 Å². The van der Waals surface area contributed by atoms with Crippen LogP contribution in [-0.4, -0.2) is 39.0 Å². The van der Waals surface area contributed by atoms with Crippen molar-refractivity contribution in [3.63, 3.8) is 0 Å². The fourth-order valence-electron chi connectivity index (χ4n) is 2.08. The maximum Gasteiger partial charge on any atom is 0.336 e. The van der Waals surface area contributed by atoms with Crippen molar-refractivity contribution in [1.29, 1.82) is 0 Å². The Morgan fingerprint density at radius 1 is 1.33 bits per heavy atom. The summed E-state index contributed by atoms with van der Waals surface area (Å²) in [7, 11) is -2.52. The largest absolute Gasteiger partial charge is 0.497 e. The fraction of sp³-hybridized carbons (Fsp3) is 0.286. The van der Waals surface area contributed by atoms with Crippen molar-refractivity contribution in [1.82, 2.24) is 6.15 Å². The highest BCUT2D eigenvalue weighted by Crippen LogP contribution is 2.24. The number of rotatable bonds is 6. The van der Waals surface area contributed by atoms with Gasteiger partial charge < -0.3 is 20.4 Å². The van der Waals surface area contributed by atoms with E-state index in [0.717, 1.165) is 12.3 Å². The third kappa shape index (κ3) is 4.78. The molecule has 24 heavy (non-hydrogen) atoms. The molecule has 0 aliphatic carbocycles. The van der Waals surface area contributed by atoms with Gasteiger partial charge in [-0.05, 0) is 17.7 Å². The van der Waals surface area contributed by atoms with Gasteiger partial charge in [0.1, 0.15) is 11.3 Å². The van der Waals surface area contributed by atoms with Crippen LogP contribution in [0.4, 0.5) is 0 Å². The monoisotopic (exact) mass is 359 g/mol. The quantitative estimate of drug-likeness (QED) is 0.566. The summed E-state index contributed by atoms with van der Waals surface area (Å²) in [6.07, 6.45) is -1.20. The highest BCUT2D eigenvalue weighted by molar-refractivity contribution is 7.86. The second-order valence-corrected chi connectivity index (χ2v) is 6.38. The minimum Gasteiger partial charge on any atom is -0.497 e. The number of carbonyl (C=O) groups is 1. The van der Waals surface area contributed by atoms with E-state index in [2.05, 4.69) is 4.18 Å². The zero-order valence-corrected chi connectivity index (χ0v) is 13.8. The Bertz CT molecular complexity index is 903. The van der Waals surface area contributed by atoms with Crippen molar-refractivity contribution in [3.05, 3.63) is 40.2 Å². The Kier molecular flexibility index (Phi) is 6.07. The number of benzene rings is 1. The molecule has 2 rings (SSSR count). The number of carboxylic acids is 1. The number of hydrogen-bond acceptors (Lipinski definition) is 8. The van der Waals surface area contributed by atoms with Crippen LogP contribution in [0.5, 0.6) is 5.75 Å². The van der Waals surface area contributed by atoms with Crippen molar-refractivity contribution in [3.8, 4) is 5.75 Å². The lowest BCUT2D eigenvalue weighted by Gasteiger charge is -2.13. The lowest BCUT2D eigenvalue weighted by atomic mass is 10.0. The van der Waals surface area contributed by atoms with E-state index in [4.69, 9.17) is 14.3 Å². The van der Waals surface area contributed by atoms with Gasteiger partial charge in [-0.3, -0.25) is 4.18 Å². The van der Waals surface area contributed by atoms with Gasteiger partial charge in [-0.25, -0.2) is 9.59 Å². The lowest BCUT2D eigenvalue weighted by Crippen LogP contribution is -2.29. The average Bonchev–Trinajstić information content (AvgIpc) is 2.44. The van der Waals surface area contributed by atoms with Gasteiger partial charge in [0, 0.05) is 23.9 Å². The summed E-state index contributed by atoms with van der Waals surface area (Å²) in [5.74, 6) is -0.995.